The van der Waals surface area contributed by atoms with Gasteiger partial charge in [-0.15, -0.1) is 0 Å². The van der Waals surface area contributed by atoms with Crippen molar-refractivity contribution in [2.75, 3.05) is 38.3 Å². The maximum atomic E-state index is 12.9. The van der Waals surface area contributed by atoms with Gasteiger partial charge in [0.15, 0.2) is 0 Å². The van der Waals surface area contributed by atoms with Gasteiger partial charge in [-0.3, -0.25) is 4.79 Å². The molecule has 1 aromatic carbocycles. The minimum absolute atomic E-state index is 0.0264. The normalized spacial score (nSPS) is 18.0. The van der Waals surface area contributed by atoms with Crippen LogP contribution in [-0.4, -0.2) is 49.3 Å². The van der Waals surface area contributed by atoms with Crippen LogP contribution in [0.1, 0.15) is 24.1 Å². The second-order valence-corrected chi connectivity index (χ2v) is 6.91. The molecular formula is C20H24N4O3. The van der Waals surface area contributed by atoms with Crippen LogP contribution in [0.5, 0.6) is 5.75 Å². The first-order valence-electron chi connectivity index (χ1n) is 9.29. The van der Waals surface area contributed by atoms with Crippen molar-refractivity contribution in [1.82, 2.24) is 15.3 Å². The predicted molar refractivity (Wildman–Crippen MR) is 101 cm³/mol. The molecule has 2 heterocycles. The van der Waals surface area contributed by atoms with Crippen molar-refractivity contribution in [1.29, 1.82) is 0 Å². The number of nitrogens with zero attached hydrogens (tertiary/aromatic N) is 3. The number of nitrogens with one attached hydrogen (secondary N) is 1. The summed E-state index contributed by atoms with van der Waals surface area (Å²) in [7, 11) is 1.64. The van der Waals surface area contributed by atoms with Crippen LogP contribution >= 0.6 is 0 Å². The molecule has 4 rings (SSSR count). The number of carbonyl (C=O) groups is 1. The summed E-state index contributed by atoms with van der Waals surface area (Å²) in [6, 6.07) is 9.59. The first kappa shape index (κ1) is 17.7. The van der Waals surface area contributed by atoms with E-state index >= 15 is 0 Å². The highest BCUT2D eigenvalue weighted by Crippen LogP contribution is 2.51. The van der Waals surface area contributed by atoms with Gasteiger partial charge in [-0.1, -0.05) is 18.2 Å². The molecule has 7 nitrogen and oxygen atoms in total. The number of anilines is 1. The molecule has 1 aliphatic heterocycles. The highest BCUT2D eigenvalue weighted by atomic mass is 16.5. The number of para-hydroxylation sites is 1. The van der Waals surface area contributed by atoms with E-state index < -0.39 is 5.41 Å². The lowest BCUT2D eigenvalue weighted by molar-refractivity contribution is -0.123. The van der Waals surface area contributed by atoms with Crippen molar-refractivity contribution in [2.24, 2.45) is 0 Å². The lowest BCUT2D eigenvalue weighted by Gasteiger charge is -2.26. The second-order valence-electron chi connectivity index (χ2n) is 6.91. The highest BCUT2D eigenvalue weighted by Gasteiger charge is 2.52. The van der Waals surface area contributed by atoms with Crippen molar-refractivity contribution in [2.45, 2.75) is 24.8 Å². The Morgan fingerprint density at radius 3 is 2.78 bits per heavy atom. The monoisotopic (exact) mass is 368 g/mol. The summed E-state index contributed by atoms with van der Waals surface area (Å²) in [6.45, 7) is 3.33. The van der Waals surface area contributed by atoms with E-state index in [0.29, 0.717) is 25.7 Å². The fourth-order valence-corrected chi connectivity index (χ4v) is 3.52. The number of aromatic nitrogens is 2. The molecule has 27 heavy (non-hydrogen) atoms. The minimum Gasteiger partial charge on any atom is -0.496 e. The van der Waals surface area contributed by atoms with E-state index in [9.17, 15) is 4.79 Å². The van der Waals surface area contributed by atoms with E-state index in [1.807, 2.05) is 30.3 Å². The van der Waals surface area contributed by atoms with Gasteiger partial charge in [0, 0.05) is 24.8 Å². The van der Waals surface area contributed by atoms with Crippen molar-refractivity contribution >= 4 is 11.9 Å². The second kappa shape index (κ2) is 7.52. The smallest absolute Gasteiger partial charge is 0.231 e. The Labute approximate surface area is 158 Å². The van der Waals surface area contributed by atoms with E-state index in [2.05, 4.69) is 20.2 Å². The van der Waals surface area contributed by atoms with Crippen molar-refractivity contribution in [3.8, 4) is 5.75 Å². The van der Waals surface area contributed by atoms with Crippen LogP contribution in [0.25, 0.3) is 0 Å². The van der Waals surface area contributed by atoms with Crippen LogP contribution in [-0.2, 0) is 21.5 Å². The number of amides is 1. The first-order chi connectivity index (χ1) is 13.2. The summed E-state index contributed by atoms with van der Waals surface area (Å²) < 4.78 is 10.8. The molecule has 1 amide bonds. The van der Waals surface area contributed by atoms with Gasteiger partial charge in [-0.25, -0.2) is 9.97 Å². The lowest BCUT2D eigenvalue weighted by Crippen LogP contribution is -2.38. The fraction of sp³-hybridized carbons (Fsp3) is 0.450. The molecule has 1 saturated heterocycles. The van der Waals surface area contributed by atoms with Gasteiger partial charge in [0.2, 0.25) is 11.9 Å². The summed E-state index contributed by atoms with van der Waals surface area (Å²) in [5.41, 5.74) is 1.28. The number of morpholine rings is 1. The van der Waals surface area contributed by atoms with E-state index in [1.165, 1.54) is 0 Å². The van der Waals surface area contributed by atoms with Gasteiger partial charge in [0.25, 0.3) is 0 Å². The number of rotatable bonds is 6. The summed E-state index contributed by atoms with van der Waals surface area (Å²) in [5, 5.41) is 3.05. The Kier molecular flexibility index (Phi) is 4.94. The van der Waals surface area contributed by atoms with Crippen LogP contribution in [0.3, 0.4) is 0 Å². The van der Waals surface area contributed by atoms with E-state index in [-0.39, 0.29) is 5.91 Å². The Hall–Kier alpha value is -2.67. The highest BCUT2D eigenvalue weighted by molar-refractivity contribution is 5.92. The van der Waals surface area contributed by atoms with Gasteiger partial charge in [0.1, 0.15) is 5.75 Å². The third-order valence-corrected chi connectivity index (χ3v) is 5.23. The number of ether oxygens (including phenoxy) is 2. The molecule has 142 valence electrons. The molecule has 0 bridgehead atoms. The van der Waals surface area contributed by atoms with Crippen LogP contribution in [0.4, 0.5) is 5.95 Å². The van der Waals surface area contributed by atoms with Gasteiger partial charge in [0.05, 0.1) is 38.0 Å². The summed E-state index contributed by atoms with van der Waals surface area (Å²) in [5.74, 6) is 1.48. The molecule has 1 N–H and O–H groups in total. The van der Waals surface area contributed by atoms with Gasteiger partial charge >= 0.3 is 0 Å². The number of carbonyl (C=O) groups excluding carboxylic acids is 1. The molecule has 0 unspecified atom stereocenters. The van der Waals surface area contributed by atoms with E-state index in [4.69, 9.17) is 9.47 Å². The van der Waals surface area contributed by atoms with Crippen molar-refractivity contribution in [3.63, 3.8) is 0 Å². The van der Waals surface area contributed by atoms with Gasteiger partial charge in [-0.05, 0) is 25.0 Å². The molecule has 2 aromatic rings. The van der Waals surface area contributed by atoms with Crippen molar-refractivity contribution in [3.05, 3.63) is 47.8 Å². The Balaban J connectivity index is 1.44. The quantitative estimate of drug-likeness (QED) is 0.836. The van der Waals surface area contributed by atoms with Crippen LogP contribution < -0.4 is 15.0 Å². The fourth-order valence-electron chi connectivity index (χ4n) is 3.52. The summed E-state index contributed by atoms with van der Waals surface area (Å²) >= 11 is 0. The number of hydrogen-bond acceptors (Lipinski definition) is 6. The number of hydrogen-bond donors (Lipinski definition) is 1. The predicted octanol–water partition coefficient (Wildman–Crippen LogP) is 1.67. The van der Waals surface area contributed by atoms with Gasteiger partial charge < -0.3 is 19.7 Å². The third-order valence-electron chi connectivity index (χ3n) is 5.23. The molecule has 2 aliphatic rings. The zero-order valence-electron chi connectivity index (χ0n) is 15.5. The third kappa shape index (κ3) is 3.60. The molecule has 1 saturated carbocycles. The Morgan fingerprint density at radius 1 is 1.26 bits per heavy atom. The molecule has 0 radical (unpaired) electrons. The number of benzene rings is 1. The standard InChI is InChI=1S/C20H24N4O3/c1-26-17-5-3-2-4-16(17)20(7-8-20)18(25)22-14-15-6-9-21-19(23-15)24-10-12-27-13-11-24/h2-6,9H,7-8,10-14H2,1H3,(H,22,25). The molecular weight excluding hydrogens is 344 g/mol. The largest absolute Gasteiger partial charge is 0.496 e. The average molecular weight is 368 g/mol. The number of methoxy groups -OCH3 is 1. The SMILES string of the molecule is COc1ccccc1C1(C(=O)NCc2ccnc(N3CCOCC3)n2)CC1. The first-order valence-corrected chi connectivity index (χ1v) is 9.29. The minimum atomic E-state index is -0.479. The van der Waals surface area contributed by atoms with E-state index in [1.54, 1.807) is 13.3 Å². The molecule has 0 atom stereocenters. The van der Waals surface area contributed by atoms with Crippen LogP contribution in [0.15, 0.2) is 36.5 Å². The molecule has 1 aromatic heterocycles. The summed E-state index contributed by atoms with van der Waals surface area (Å²) in [6.07, 6.45) is 3.41. The molecule has 7 heteroatoms. The topological polar surface area (TPSA) is 76.6 Å². The maximum Gasteiger partial charge on any atom is 0.231 e. The maximum absolute atomic E-state index is 12.9. The lowest BCUT2D eigenvalue weighted by atomic mass is 9.94. The summed E-state index contributed by atoms with van der Waals surface area (Å²) in [4.78, 5) is 24.0. The molecule has 0 spiro atoms. The van der Waals surface area contributed by atoms with Crippen LogP contribution in [0, 0.1) is 0 Å². The van der Waals surface area contributed by atoms with Crippen molar-refractivity contribution < 1.29 is 14.3 Å². The Bertz CT molecular complexity index is 816. The average Bonchev–Trinajstić information content (AvgIpc) is 3.55. The van der Waals surface area contributed by atoms with E-state index in [0.717, 1.165) is 42.9 Å². The van der Waals surface area contributed by atoms with Gasteiger partial charge in [-0.2, -0.15) is 0 Å². The van der Waals surface area contributed by atoms with Crippen LogP contribution in [0.2, 0.25) is 0 Å². The zero-order valence-corrected chi connectivity index (χ0v) is 15.5. The Morgan fingerprint density at radius 2 is 2.04 bits per heavy atom. The molecule has 1 aliphatic carbocycles. The zero-order chi connectivity index (χ0) is 18.7. The molecule has 2 fully saturated rings.